The SMILES string of the molecule is COCC(O)CCNc1ccc(N)c2cnc(C)cc12. The Labute approximate surface area is 118 Å². The minimum atomic E-state index is -0.448. The Hall–Kier alpha value is -1.85. The molecule has 5 heteroatoms. The molecule has 0 saturated carbocycles. The van der Waals surface area contributed by atoms with Crippen molar-refractivity contribution < 1.29 is 9.84 Å². The maximum Gasteiger partial charge on any atom is 0.0790 e. The van der Waals surface area contributed by atoms with Gasteiger partial charge in [-0.15, -0.1) is 0 Å². The first-order valence-electron chi connectivity index (χ1n) is 6.67. The van der Waals surface area contributed by atoms with Gasteiger partial charge in [0.15, 0.2) is 0 Å². The van der Waals surface area contributed by atoms with Crippen molar-refractivity contribution in [3.8, 4) is 0 Å². The Morgan fingerprint density at radius 2 is 2.20 bits per heavy atom. The second-order valence-electron chi connectivity index (χ2n) is 4.90. The van der Waals surface area contributed by atoms with E-state index in [0.717, 1.165) is 27.8 Å². The zero-order chi connectivity index (χ0) is 14.5. The van der Waals surface area contributed by atoms with Crippen LogP contribution in [-0.4, -0.2) is 36.5 Å². The molecular formula is C15H21N3O2. The van der Waals surface area contributed by atoms with Crippen LogP contribution in [0.25, 0.3) is 10.8 Å². The highest BCUT2D eigenvalue weighted by Gasteiger charge is 2.07. The lowest BCUT2D eigenvalue weighted by molar-refractivity contribution is 0.0615. The third-order valence-electron chi connectivity index (χ3n) is 3.22. The van der Waals surface area contributed by atoms with Crippen LogP contribution in [0.4, 0.5) is 11.4 Å². The first kappa shape index (κ1) is 14.6. The van der Waals surface area contributed by atoms with E-state index in [4.69, 9.17) is 10.5 Å². The summed E-state index contributed by atoms with van der Waals surface area (Å²) in [6, 6.07) is 5.84. The number of nitrogens with zero attached hydrogens (tertiary/aromatic N) is 1. The fourth-order valence-electron chi connectivity index (χ4n) is 2.17. The standard InChI is InChI=1S/C15H21N3O2/c1-10-7-12-13(8-18-10)14(16)3-4-15(12)17-6-5-11(19)9-20-2/h3-4,7-8,11,17,19H,5-6,9,16H2,1-2H3. The number of ether oxygens (including phenoxy) is 1. The molecule has 1 aromatic carbocycles. The van der Waals surface area contributed by atoms with E-state index in [1.807, 2.05) is 25.1 Å². The van der Waals surface area contributed by atoms with Crippen LogP contribution in [0.2, 0.25) is 0 Å². The summed E-state index contributed by atoms with van der Waals surface area (Å²) in [5.74, 6) is 0. The van der Waals surface area contributed by atoms with Gasteiger partial charge in [0.25, 0.3) is 0 Å². The van der Waals surface area contributed by atoms with E-state index in [0.29, 0.717) is 19.6 Å². The van der Waals surface area contributed by atoms with Gasteiger partial charge < -0.3 is 20.9 Å². The van der Waals surface area contributed by atoms with Crippen LogP contribution in [0.1, 0.15) is 12.1 Å². The molecule has 0 aliphatic heterocycles. The van der Waals surface area contributed by atoms with Gasteiger partial charge >= 0.3 is 0 Å². The zero-order valence-corrected chi connectivity index (χ0v) is 11.9. The fourth-order valence-corrected chi connectivity index (χ4v) is 2.17. The molecule has 1 heterocycles. The van der Waals surface area contributed by atoms with Gasteiger partial charge in [-0.2, -0.15) is 0 Å². The molecule has 0 spiro atoms. The quantitative estimate of drug-likeness (QED) is 0.702. The summed E-state index contributed by atoms with van der Waals surface area (Å²) in [6.45, 7) is 2.98. The number of rotatable bonds is 6. The van der Waals surface area contributed by atoms with Gasteiger partial charge in [0.2, 0.25) is 0 Å². The molecule has 2 rings (SSSR count). The van der Waals surface area contributed by atoms with Gasteiger partial charge in [-0.3, -0.25) is 4.98 Å². The first-order chi connectivity index (χ1) is 9.61. The van der Waals surface area contributed by atoms with E-state index in [-0.39, 0.29) is 0 Å². The van der Waals surface area contributed by atoms with E-state index in [1.54, 1.807) is 13.3 Å². The predicted octanol–water partition coefficient (Wildman–Crippen LogP) is 1.93. The third kappa shape index (κ3) is 3.37. The van der Waals surface area contributed by atoms with Crippen molar-refractivity contribution in [3.63, 3.8) is 0 Å². The van der Waals surface area contributed by atoms with Crippen molar-refractivity contribution in [2.24, 2.45) is 0 Å². The molecule has 0 fully saturated rings. The number of nitrogens with two attached hydrogens (primary N) is 1. The van der Waals surface area contributed by atoms with Crippen molar-refractivity contribution >= 4 is 22.1 Å². The molecule has 20 heavy (non-hydrogen) atoms. The Morgan fingerprint density at radius 3 is 2.95 bits per heavy atom. The van der Waals surface area contributed by atoms with Gasteiger partial charge in [0.05, 0.1) is 12.7 Å². The van der Waals surface area contributed by atoms with Gasteiger partial charge in [0, 0.05) is 47.7 Å². The van der Waals surface area contributed by atoms with Crippen molar-refractivity contribution in [3.05, 3.63) is 30.1 Å². The Bertz CT molecular complexity index is 587. The molecule has 0 radical (unpaired) electrons. The number of nitrogen functional groups attached to an aromatic ring is 1. The van der Waals surface area contributed by atoms with Crippen molar-refractivity contribution in [2.45, 2.75) is 19.4 Å². The molecule has 0 amide bonds. The number of anilines is 2. The van der Waals surface area contributed by atoms with E-state index in [9.17, 15) is 5.11 Å². The zero-order valence-electron chi connectivity index (χ0n) is 11.9. The number of hydrogen-bond donors (Lipinski definition) is 3. The number of fused-ring (bicyclic) bond motifs is 1. The summed E-state index contributed by atoms with van der Waals surface area (Å²) in [6.07, 6.45) is 1.98. The van der Waals surface area contributed by atoms with Crippen molar-refractivity contribution in [2.75, 3.05) is 31.3 Å². The molecule has 1 aromatic heterocycles. The lowest BCUT2D eigenvalue weighted by atomic mass is 10.1. The molecule has 1 atom stereocenters. The predicted molar refractivity (Wildman–Crippen MR) is 81.9 cm³/mol. The number of hydrogen-bond acceptors (Lipinski definition) is 5. The van der Waals surface area contributed by atoms with Crippen LogP contribution in [0, 0.1) is 6.92 Å². The Balaban J connectivity index is 2.14. The average molecular weight is 275 g/mol. The molecule has 0 bridgehead atoms. The van der Waals surface area contributed by atoms with Crippen LogP contribution < -0.4 is 11.1 Å². The number of aliphatic hydroxyl groups excluding tert-OH is 1. The van der Waals surface area contributed by atoms with Gasteiger partial charge in [-0.1, -0.05) is 0 Å². The maximum absolute atomic E-state index is 9.63. The summed E-state index contributed by atoms with van der Waals surface area (Å²) < 4.78 is 4.91. The molecule has 1 unspecified atom stereocenters. The molecule has 0 aliphatic rings. The number of aromatic nitrogens is 1. The first-order valence-corrected chi connectivity index (χ1v) is 6.67. The average Bonchev–Trinajstić information content (AvgIpc) is 2.41. The number of aliphatic hydroxyl groups is 1. The molecular weight excluding hydrogens is 254 g/mol. The van der Waals surface area contributed by atoms with Gasteiger partial charge in [-0.25, -0.2) is 0 Å². The maximum atomic E-state index is 9.63. The van der Waals surface area contributed by atoms with Crippen LogP contribution in [0.15, 0.2) is 24.4 Å². The lowest BCUT2D eigenvalue weighted by Gasteiger charge is -2.13. The highest BCUT2D eigenvalue weighted by molar-refractivity contribution is 6.00. The summed E-state index contributed by atoms with van der Waals surface area (Å²) >= 11 is 0. The molecule has 4 N–H and O–H groups in total. The summed E-state index contributed by atoms with van der Waals surface area (Å²) in [4.78, 5) is 4.28. The minimum absolute atomic E-state index is 0.354. The van der Waals surface area contributed by atoms with E-state index >= 15 is 0 Å². The smallest absolute Gasteiger partial charge is 0.0790 e. The summed E-state index contributed by atoms with van der Waals surface area (Å²) in [7, 11) is 1.58. The summed E-state index contributed by atoms with van der Waals surface area (Å²) in [5, 5.41) is 15.0. The number of methoxy groups -OCH3 is 1. The number of pyridine rings is 1. The highest BCUT2D eigenvalue weighted by Crippen LogP contribution is 2.28. The molecule has 2 aromatic rings. The number of benzene rings is 1. The minimum Gasteiger partial charge on any atom is -0.398 e. The molecule has 0 aliphatic carbocycles. The second kappa shape index (κ2) is 6.54. The lowest BCUT2D eigenvalue weighted by Crippen LogP contribution is -2.18. The third-order valence-corrected chi connectivity index (χ3v) is 3.22. The topological polar surface area (TPSA) is 80.4 Å². The van der Waals surface area contributed by atoms with E-state index in [2.05, 4.69) is 10.3 Å². The molecule has 108 valence electrons. The highest BCUT2D eigenvalue weighted by atomic mass is 16.5. The van der Waals surface area contributed by atoms with E-state index < -0.39 is 6.10 Å². The number of aryl methyl sites for hydroxylation is 1. The van der Waals surface area contributed by atoms with E-state index in [1.165, 1.54) is 0 Å². The van der Waals surface area contributed by atoms with Crippen LogP contribution in [0.3, 0.4) is 0 Å². The normalized spacial score (nSPS) is 12.6. The van der Waals surface area contributed by atoms with Crippen molar-refractivity contribution in [1.29, 1.82) is 0 Å². The fraction of sp³-hybridized carbons (Fsp3) is 0.400. The molecule has 5 nitrogen and oxygen atoms in total. The van der Waals surface area contributed by atoms with Crippen LogP contribution in [-0.2, 0) is 4.74 Å². The molecule has 0 saturated heterocycles. The summed E-state index contributed by atoms with van der Waals surface area (Å²) in [5.41, 5.74) is 8.64. The monoisotopic (exact) mass is 275 g/mol. The largest absolute Gasteiger partial charge is 0.398 e. The van der Waals surface area contributed by atoms with Gasteiger partial charge in [-0.05, 0) is 31.5 Å². The Morgan fingerprint density at radius 1 is 1.40 bits per heavy atom. The van der Waals surface area contributed by atoms with Crippen LogP contribution in [0.5, 0.6) is 0 Å². The van der Waals surface area contributed by atoms with Crippen LogP contribution >= 0.6 is 0 Å². The number of nitrogens with one attached hydrogen (secondary N) is 1. The van der Waals surface area contributed by atoms with Gasteiger partial charge in [0.1, 0.15) is 0 Å². The Kier molecular flexibility index (Phi) is 4.76. The second-order valence-corrected chi connectivity index (χ2v) is 4.90. The van der Waals surface area contributed by atoms with Crippen molar-refractivity contribution in [1.82, 2.24) is 4.98 Å².